The molecule has 1 unspecified atom stereocenters. The van der Waals surface area contributed by atoms with Crippen molar-refractivity contribution in [1.29, 1.82) is 0 Å². The molecule has 1 atom stereocenters. The lowest BCUT2D eigenvalue weighted by Gasteiger charge is -2.10. The van der Waals surface area contributed by atoms with Crippen molar-refractivity contribution in [2.24, 2.45) is 0 Å². The quantitative estimate of drug-likeness (QED) is 0.780. The third kappa shape index (κ3) is 3.29. The van der Waals surface area contributed by atoms with Crippen LogP contribution >= 0.6 is 0 Å². The lowest BCUT2D eigenvalue weighted by molar-refractivity contribution is 0.550. The van der Waals surface area contributed by atoms with E-state index in [1.54, 1.807) is 0 Å². The van der Waals surface area contributed by atoms with E-state index in [9.17, 15) is 4.39 Å². The molecule has 1 heterocycles. The van der Waals surface area contributed by atoms with Crippen LogP contribution in [0.2, 0.25) is 0 Å². The highest BCUT2D eigenvalue weighted by molar-refractivity contribution is 5.16. The van der Waals surface area contributed by atoms with E-state index in [0.29, 0.717) is 6.04 Å². The molecule has 1 aliphatic heterocycles. The highest BCUT2D eigenvalue weighted by Gasteiger charge is 2.12. The van der Waals surface area contributed by atoms with Crippen LogP contribution in [-0.4, -0.2) is 25.7 Å². The number of hydrogen-bond donors (Lipinski definition) is 2. The Balaban J connectivity index is 1.71. The third-order valence-electron chi connectivity index (χ3n) is 2.82. The smallest absolute Gasteiger partial charge is 0.123 e. The summed E-state index contributed by atoms with van der Waals surface area (Å²) in [5.41, 5.74) is 1.19. The fourth-order valence-electron chi connectivity index (χ4n) is 1.90. The average molecular weight is 208 g/mol. The molecule has 0 radical (unpaired) electrons. The van der Waals surface area contributed by atoms with Gasteiger partial charge in [0.15, 0.2) is 0 Å². The van der Waals surface area contributed by atoms with Crippen molar-refractivity contribution in [3.63, 3.8) is 0 Å². The normalized spacial score (nSPS) is 20.7. The van der Waals surface area contributed by atoms with Crippen LogP contribution in [0.15, 0.2) is 24.3 Å². The Bertz CT molecular complexity index is 291. The van der Waals surface area contributed by atoms with Crippen molar-refractivity contribution in [2.45, 2.75) is 18.9 Å². The zero-order chi connectivity index (χ0) is 10.5. The number of benzene rings is 1. The van der Waals surface area contributed by atoms with Crippen LogP contribution in [0.25, 0.3) is 0 Å². The highest BCUT2D eigenvalue weighted by Crippen LogP contribution is 2.03. The van der Waals surface area contributed by atoms with Crippen LogP contribution in [0.4, 0.5) is 4.39 Å². The van der Waals surface area contributed by atoms with Gasteiger partial charge >= 0.3 is 0 Å². The maximum Gasteiger partial charge on any atom is 0.123 e. The molecule has 1 fully saturated rings. The number of halogens is 1. The zero-order valence-electron chi connectivity index (χ0n) is 8.80. The summed E-state index contributed by atoms with van der Waals surface area (Å²) in [6.07, 6.45) is 2.18. The standard InChI is InChI=1S/C12H17FN2/c13-11-3-1-10(2-4-11)5-8-15-12-6-7-14-9-12/h1-4,12,14-15H,5-9H2. The molecule has 0 aromatic heterocycles. The third-order valence-corrected chi connectivity index (χ3v) is 2.82. The fraction of sp³-hybridized carbons (Fsp3) is 0.500. The Morgan fingerprint density at radius 1 is 1.33 bits per heavy atom. The molecule has 0 amide bonds. The van der Waals surface area contributed by atoms with E-state index >= 15 is 0 Å². The molecule has 2 N–H and O–H groups in total. The van der Waals surface area contributed by atoms with E-state index in [2.05, 4.69) is 10.6 Å². The monoisotopic (exact) mass is 208 g/mol. The lowest BCUT2D eigenvalue weighted by Crippen LogP contribution is -2.32. The number of hydrogen-bond acceptors (Lipinski definition) is 2. The van der Waals surface area contributed by atoms with Crippen LogP contribution in [0.5, 0.6) is 0 Å². The molecule has 15 heavy (non-hydrogen) atoms. The molecule has 0 aliphatic carbocycles. The van der Waals surface area contributed by atoms with Gasteiger partial charge in [-0.25, -0.2) is 4.39 Å². The summed E-state index contributed by atoms with van der Waals surface area (Å²) in [5.74, 6) is -0.160. The Kier molecular flexibility index (Phi) is 3.69. The first-order valence-corrected chi connectivity index (χ1v) is 5.53. The van der Waals surface area contributed by atoms with E-state index in [4.69, 9.17) is 0 Å². The molecule has 1 saturated heterocycles. The summed E-state index contributed by atoms with van der Waals surface area (Å²) in [6, 6.07) is 7.36. The lowest BCUT2D eigenvalue weighted by atomic mass is 10.1. The minimum absolute atomic E-state index is 0.160. The van der Waals surface area contributed by atoms with Crippen molar-refractivity contribution < 1.29 is 4.39 Å². The van der Waals surface area contributed by atoms with E-state index in [1.165, 1.54) is 24.1 Å². The van der Waals surface area contributed by atoms with Gasteiger partial charge in [-0.2, -0.15) is 0 Å². The molecule has 82 valence electrons. The Labute approximate surface area is 89.9 Å². The second kappa shape index (κ2) is 5.24. The van der Waals surface area contributed by atoms with Crippen LogP contribution < -0.4 is 10.6 Å². The molecular formula is C12H17FN2. The van der Waals surface area contributed by atoms with Gasteiger partial charge in [0.25, 0.3) is 0 Å². The van der Waals surface area contributed by atoms with E-state index in [1.807, 2.05) is 12.1 Å². The van der Waals surface area contributed by atoms with Crippen molar-refractivity contribution in [2.75, 3.05) is 19.6 Å². The van der Waals surface area contributed by atoms with Gasteiger partial charge in [0.1, 0.15) is 5.82 Å². The van der Waals surface area contributed by atoms with Crippen molar-refractivity contribution in [3.8, 4) is 0 Å². The Morgan fingerprint density at radius 3 is 2.80 bits per heavy atom. The van der Waals surface area contributed by atoms with Gasteiger partial charge < -0.3 is 10.6 Å². The van der Waals surface area contributed by atoms with Gasteiger partial charge in [-0.3, -0.25) is 0 Å². The maximum absolute atomic E-state index is 12.6. The van der Waals surface area contributed by atoms with Crippen LogP contribution in [0.1, 0.15) is 12.0 Å². The molecule has 2 rings (SSSR count). The number of nitrogens with one attached hydrogen (secondary N) is 2. The second-order valence-corrected chi connectivity index (χ2v) is 4.02. The van der Waals surface area contributed by atoms with Crippen LogP contribution in [0, 0.1) is 5.82 Å². The molecule has 0 saturated carbocycles. The molecule has 1 aliphatic rings. The summed E-state index contributed by atoms with van der Waals surface area (Å²) in [6.45, 7) is 3.16. The molecule has 2 nitrogen and oxygen atoms in total. The van der Waals surface area contributed by atoms with E-state index < -0.39 is 0 Å². The summed E-state index contributed by atoms with van der Waals surface area (Å²) < 4.78 is 12.6. The van der Waals surface area contributed by atoms with Crippen molar-refractivity contribution >= 4 is 0 Å². The second-order valence-electron chi connectivity index (χ2n) is 4.02. The van der Waals surface area contributed by atoms with E-state index in [0.717, 1.165) is 26.1 Å². The molecule has 0 spiro atoms. The average Bonchev–Trinajstić information content (AvgIpc) is 2.74. The largest absolute Gasteiger partial charge is 0.315 e. The molecule has 1 aromatic rings. The fourth-order valence-corrected chi connectivity index (χ4v) is 1.90. The van der Waals surface area contributed by atoms with Gasteiger partial charge in [-0.1, -0.05) is 12.1 Å². The van der Waals surface area contributed by atoms with Gasteiger partial charge in [0, 0.05) is 12.6 Å². The van der Waals surface area contributed by atoms with Gasteiger partial charge in [0.05, 0.1) is 0 Å². The van der Waals surface area contributed by atoms with Crippen molar-refractivity contribution in [1.82, 2.24) is 10.6 Å². The topological polar surface area (TPSA) is 24.1 Å². The molecular weight excluding hydrogens is 191 g/mol. The minimum Gasteiger partial charge on any atom is -0.315 e. The van der Waals surface area contributed by atoms with Crippen molar-refractivity contribution in [3.05, 3.63) is 35.6 Å². The summed E-state index contributed by atoms with van der Waals surface area (Å²) in [4.78, 5) is 0. The van der Waals surface area contributed by atoms with E-state index in [-0.39, 0.29) is 5.82 Å². The summed E-state index contributed by atoms with van der Waals surface area (Å²) in [7, 11) is 0. The zero-order valence-corrected chi connectivity index (χ0v) is 8.80. The number of rotatable bonds is 4. The first-order valence-electron chi connectivity index (χ1n) is 5.53. The highest BCUT2D eigenvalue weighted by atomic mass is 19.1. The maximum atomic E-state index is 12.6. The predicted molar refractivity (Wildman–Crippen MR) is 59.4 cm³/mol. The van der Waals surface area contributed by atoms with Crippen LogP contribution in [-0.2, 0) is 6.42 Å². The van der Waals surface area contributed by atoms with Gasteiger partial charge in [-0.15, -0.1) is 0 Å². The SMILES string of the molecule is Fc1ccc(CCNC2CCNC2)cc1. The molecule has 3 heteroatoms. The van der Waals surface area contributed by atoms with Gasteiger partial charge in [-0.05, 0) is 43.6 Å². The Morgan fingerprint density at radius 2 is 2.13 bits per heavy atom. The summed E-state index contributed by atoms with van der Waals surface area (Å²) >= 11 is 0. The molecule has 1 aromatic carbocycles. The first kappa shape index (κ1) is 10.6. The Hall–Kier alpha value is -0.930. The first-order chi connectivity index (χ1) is 7.34. The molecule has 0 bridgehead atoms. The minimum atomic E-state index is -0.160. The predicted octanol–water partition coefficient (Wildman–Crippen LogP) is 1.32. The van der Waals surface area contributed by atoms with Gasteiger partial charge in [0.2, 0.25) is 0 Å². The summed E-state index contributed by atoms with van der Waals surface area (Å²) in [5, 5.41) is 6.80. The van der Waals surface area contributed by atoms with Crippen LogP contribution in [0.3, 0.4) is 0 Å².